The highest BCUT2D eigenvalue weighted by molar-refractivity contribution is 9.10. The quantitative estimate of drug-likeness (QED) is 0.517. The van der Waals surface area contributed by atoms with E-state index in [-0.39, 0.29) is 4.90 Å². The van der Waals surface area contributed by atoms with Gasteiger partial charge in [-0.05, 0) is 70.5 Å². The molecule has 0 aliphatic carbocycles. The van der Waals surface area contributed by atoms with E-state index in [0.717, 1.165) is 28.6 Å². The highest BCUT2D eigenvalue weighted by Gasteiger charge is 2.27. The predicted molar refractivity (Wildman–Crippen MR) is 115 cm³/mol. The molecule has 0 saturated carbocycles. The Bertz CT molecular complexity index is 1130. The van der Waals surface area contributed by atoms with Crippen molar-refractivity contribution in [3.8, 4) is 0 Å². The van der Waals surface area contributed by atoms with E-state index < -0.39 is 28.3 Å². The molecule has 3 rings (SSSR count). The number of carbonyl (C=O) groups is 1. The molecule has 0 saturated heterocycles. The monoisotopic (exact) mass is 496 g/mol. The van der Waals surface area contributed by atoms with Gasteiger partial charge in [-0.15, -0.1) is 0 Å². The van der Waals surface area contributed by atoms with Crippen LogP contribution in [0.1, 0.15) is 0 Å². The lowest BCUT2D eigenvalue weighted by atomic mass is 10.3. The van der Waals surface area contributed by atoms with E-state index in [0.29, 0.717) is 20.9 Å². The maximum absolute atomic E-state index is 13.2. The van der Waals surface area contributed by atoms with Crippen LogP contribution in [0.4, 0.5) is 15.8 Å². The van der Waals surface area contributed by atoms with Crippen LogP contribution in [0.3, 0.4) is 0 Å². The van der Waals surface area contributed by atoms with Gasteiger partial charge < -0.3 is 5.32 Å². The van der Waals surface area contributed by atoms with E-state index in [1.807, 2.05) is 0 Å². The van der Waals surface area contributed by atoms with Gasteiger partial charge in [0.05, 0.1) is 15.6 Å². The number of halogens is 3. The Hall–Kier alpha value is -2.42. The Morgan fingerprint density at radius 3 is 2.31 bits per heavy atom. The highest BCUT2D eigenvalue weighted by Crippen LogP contribution is 2.26. The molecule has 5 nitrogen and oxygen atoms in total. The lowest BCUT2D eigenvalue weighted by Gasteiger charge is -2.24. The number of para-hydroxylation sites is 1. The van der Waals surface area contributed by atoms with Crippen LogP contribution in [-0.4, -0.2) is 20.9 Å². The summed E-state index contributed by atoms with van der Waals surface area (Å²) in [5.74, 6) is -1.11. The molecule has 0 bridgehead atoms. The number of amides is 1. The van der Waals surface area contributed by atoms with Gasteiger partial charge in [0.2, 0.25) is 5.91 Å². The van der Waals surface area contributed by atoms with E-state index in [1.54, 1.807) is 48.5 Å². The summed E-state index contributed by atoms with van der Waals surface area (Å²) in [5.41, 5.74) is 0.733. The molecular weight excluding hydrogens is 483 g/mol. The molecule has 3 aromatic carbocycles. The molecule has 0 unspecified atom stereocenters. The number of nitrogens with zero attached hydrogens (tertiary/aromatic N) is 1. The first-order chi connectivity index (χ1) is 13.8. The lowest BCUT2D eigenvalue weighted by molar-refractivity contribution is -0.114. The number of hydrogen-bond donors (Lipinski definition) is 1. The van der Waals surface area contributed by atoms with Gasteiger partial charge >= 0.3 is 0 Å². The number of sulfonamides is 1. The Morgan fingerprint density at radius 1 is 1.03 bits per heavy atom. The van der Waals surface area contributed by atoms with Crippen LogP contribution in [0.15, 0.2) is 82.2 Å². The summed E-state index contributed by atoms with van der Waals surface area (Å²) in [6.45, 7) is -0.475. The third-order valence-electron chi connectivity index (χ3n) is 3.94. The van der Waals surface area contributed by atoms with Gasteiger partial charge in [-0.1, -0.05) is 29.8 Å². The summed E-state index contributed by atoms with van der Waals surface area (Å²) >= 11 is 9.29. The van der Waals surface area contributed by atoms with Gasteiger partial charge in [0.15, 0.2) is 0 Å². The van der Waals surface area contributed by atoms with E-state index in [2.05, 4.69) is 21.2 Å². The second-order valence-corrected chi connectivity index (χ2v) is 9.10. The zero-order chi connectivity index (χ0) is 21.0. The van der Waals surface area contributed by atoms with Crippen molar-refractivity contribution < 1.29 is 17.6 Å². The molecule has 0 heterocycles. The van der Waals surface area contributed by atoms with Crippen LogP contribution in [0, 0.1) is 5.82 Å². The Kier molecular flexibility index (Phi) is 6.56. The van der Waals surface area contributed by atoms with Crippen LogP contribution in [0.5, 0.6) is 0 Å². The van der Waals surface area contributed by atoms with E-state index in [4.69, 9.17) is 11.6 Å². The van der Waals surface area contributed by atoms with Crippen LogP contribution in [-0.2, 0) is 14.8 Å². The Morgan fingerprint density at radius 2 is 1.69 bits per heavy atom. The number of rotatable bonds is 6. The summed E-state index contributed by atoms with van der Waals surface area (Å²) in [7, 11) is -4.10. The minimum Gasteiger partial charge on any atom is -0.324 e. The third kappa shape index (κ3) is 5.14. The largest absolute Gasteiger partial charge is 0.324 e. The molecule has 0 radical (unpaired) electrons. The second kappa shape index (κ2) is 8.94. The number of benzene rings is 3. The summed E-state index contributed by atoms with van der Waals surface area (Å²) < 4.78 is 41.1. The van der Waals surface area contributed by atoms with Gasteiger partial charge in [0, 0.05) is 10.2 Å². The summed E-state index contributed by atoms with van der Waals surface area (Å²) in [5, 5.41) is 3.04. The van der Waals surface area contributed by atoms with Crippen LogP contribution in [0.2, 0.25) is 5.02 Å². The average molecular weight is 498 g/mol. The average Bonchev–Trinajstić information content (AvgIpc) is 2.70. The number of nitrogens with one attached hydrogen (secondary N) is 1. The third-order valence-corrected chi connectivity index (χ3v) is 6.96. The molecule has 0 aliphatic rings. The van der Waals surface area contributed by atoms with Crippen LogP contribution >= 0.6 is 27.5 Å². The second-order valence-electron chi connectivity index (χ2n) is 5.98. The zero-order valence-corrected chi connectivity index (χ0v) is 18.0. The van der Waals surface area contributed by atoms with Gasteiger partial charge in [-0.2, -0.15) is 0 Å². The van der Waals surface area contributed by atoms with Crippen LogP contribution < -0.4 is 9.62 Å². The SMILES string of the molecule is O=C(CN(c1ccccc1)S(=O)(=O)c1ccc(F)cc1)Nc1ccc(Br)c(Cl)c1. The lowest BCUT2D eigenvalue weighted by Crippen LogP contribution is -2.38. The van der Waals surface area contributed by atoms with Crippen LogP contribution in [0.25, 0.3) is 0 Å². The molecule has 9 heteroatoms. The molecular formula is C20H15BrClFN2O3S. The van der Waals surface area contributed by atoms with Crippen molar-refractivity contribution in [2.45, 2.75) is 4.90 Å². The molecule has 29 heavy (non-hydrogen) atoms. The molecule has 0 atom stereocenters. The van der Waals surface area contributed by atoms with Gasteiger partial charge in [-0.25, -0.2) is 12.8 Å². The van der Waals surface area contributed by atoms with E-state index in [9.17, 15) is 17.6 Å². The van der Waals surface area contributed by atoms with E-state index in [1.165, 1.54) is 0 Å². The summed E-state index contributed by atoms with van der Waals surface area (Å²) in [4.78, 5) is 12.5. The molecule has 0 aromatic heterocycles. The minimum absolute atomic E-state index is 0.123. The summed E-state index contributed by atoms with van der Waals surface area (Å²) in [6, 6.07) is 17.5. The zero-order valence-electron chi connectivity index (χ0n) is 14.8. The summed E-state index contributed by atoms with van der Waals surface area (Å²) in [6.07, 6.45) is 0. The maximum atomic E-state index is 13.2. The number of hydrogen-bond acceptors (Lipinski definition) is 3. The highest BCUT2D eigenvalue weighted by atomic mass is 79.9. The first kappa shape index (κ1) is 21.3. The minimum atomic E-state index is -4.10. The molecule has 0 fully saturated rings. The smallest absolute Gasteiger partial charge is 0.264 e. The number of anilines is 2. The Labute approximate surface area is 181 Å². The first-order valence-electron chi connectivity index (χ1n) is 8.35. The fraction of sp³-hybridized carbons (Fsp3) is 0.0500. The van der Waals surface area contributed by atoms with Crippen molar-refractivity contribution in [3.63, 3.8) is 0 Å². The fourth-order valence-corrected chi connectivity index (χ4v) is 4.40. The predicted octanol–water partition coefficient (Wildman–Crippen LogP) is 5.08. The van der Waals surface area contributed by atoms with Crippen molar-refractivity contribution in [2.24, 2.45) is 0 Å². The normalized spacial score (nSPS) is 11.1. The molecule has 1 N–H and O–H groups in total. The maximum Gasteiger partial charge on any atom is 0.264 e. The van der Waals surface area contributed by atoms with Gasteiger partial charge in [0.1, 0.15) is 12.4 Å². The molecule has 0 aliphatic heterocycles. The van der Waals surface area contributed by atoms with E-state index >= 15 is 0 Å². The van der Waals surface area contributed by atoms with Crippen molar-refractivity contribution in [1.82, 2.24) is 0 Å². The molecule has 3 aromatic rings. The standard InChI is InChI=1S/C20H15BrClFN2O3S/c21-18-11-8-15(12-19(18)22)24-20(26)13-25(16-4-2-1-3-5-16)29(27,28)17-9-6-14(23)7-10-17/h1-12H,13H2,(H,24,26). The topological polar surface area (TPSA) is 66.5 Å². The van der Waals surface area contributed by atoms with Gasteiger partial charge in [-0.3, -0.25) is 9.10 Å². The van der Waals surface area contributed by atoms with Gasteiger partial charge in [0.25, 0.3) is 10.0 Å². The molecule has 1 amide bonds. The Balaban J connectivity index is 1.91. The van der Waals surface area contributed by atoms with Crippen molar-refractivity contribution in [1.29, 1.82) is 0 Å². The first-order valence-corrected chi connectivity index (χ1v) is 11.0. The molecule has 150 valence electrons. The van der Waals surface area contributed by atoms with Crippen molar-refractivity contribution in [2.75, 3.05) is 16.2 Å². The van der Waals surface area contributed by atoms with Crippen molar-refractivity contribution in [3.05, 3.63) is 88.1 Å². The fourth-order valence-electron chi connectivity index (χ4n) is 2.55. The molecule has 0 spiro atoms. The van der Waals surface area contributed by atoms with Crippen molar-refractivity contribution >= 4 is 54.8 Å². The number of carbonyl (C=O) groups excluding carboxylic acids is 1.